The number of carbonyl (C=O) groups excluding carboxylic acids is 2. The number of hydrazine groups is 1. The Morgan fingerprint density at radius 3 is 2.29 bits per heavy atom. The summed E-state index contributed by atoms with van der Waals surface area (Å²) in [7, 11) is 0. The minimum absolute atomic E-state index is 0.0934. The second-order valence-electron chi connectivity index (χ2n) is 5.71. The Morgan fingerprint density at radius 2 is 1.67 bits per heavy atom. The molecule has 3 rings (SSSR count). The lowest BCUT2D eigenvalue weighted by molar-refractivity contribution is -0.117. The van der Waals surface area contributed by atoms with Gasteiger partial charge >= 0.3 is 0 Å². The van der Waals surface area contributed by atoms with Gasteiger partial charge in [-0.05, 0) is 49.8 Å². The molecule has 2 amide bonds. The molecule has 1 saturated heterocycles. The van der Waals surface area contributed by atoms with Crippen LogP contribution in [0.1, 0.15) is 19.4 Å². The average molecular weight is 322 g/mol. The van der Waals surface area contributed by atoms with Gasteiger partial charge < -0.3 is 4.74 Å². The van der Waals surface area contributed by atoms with Gasteiger partial charge in [0.1, 0.15) is 11.3 Å². The van der Waals surface area contributed by atoms with Crippen molar-refractivity contribution < 1.29 is 14.3 Å². The fourth-order valence-corrected chi connectivity index (χ4v) is 2.40. The topological polar surface area (TPSA) is 58.6 Å². The number of nitrogens with zero attached hydrogens (tertiary/aromatic N) is 1. The Kier molecular flexibility index (Phi) is 4.33. The van der Waals surface area contributed by atoms with Crippen LogP contribution in [0.15, 0.2) is 60.2 Å². The van der Waals surface area contributed by atoms with Gasteiger partial charge in [0.05, 0.1) is 11.8 Å². The van der Waals surface area contributed by atoms with Crippen LogP contribution in [-0.2, 0) is 9.59 Å². The maximum absolute atomic E-state index is 12.5. The third kappa shape index (κ3) is 3.30. The molecule has 0 radical (unpaired) electrons. The zero-order valence-corrected chi connectivity index (χ0v) is 13.5. The smallest absolute Gasteiger partial charge is 0.282 e. The summed E-state index contributed by atoms with van der Waals surface area (Å²) in [6, 6.07) is 16.3. The van der Waals surface area contributed by atoms with Gasteiger partial charge in [-0.25, -0.2) is 5.01 Å². The van der Waals surface area contributed by atoms with Crippen molar-refractivity contribution in [1.82, 2.24) is 5.43 Å². The number of rotatable bonds is 4. The number of hydrogen-bond donors (Lipinski definition) is 1. The summed E-state index contributed by atoms with van der Waals surface area (Å²) in [6.45, 7) is 3.91. The van der Waals surface area contributed by atoms with Crippen LogP contribution in [0.3, 0.4) is 0 Å². The van der Waals surface area contributed by atoms with Crippen LogP contribution in [0, 0.1) is 0 Å². The minimum Gasteiger partial charge on any atom is -0.491 e. The second-order valence-corrected chi connectivity index (χ2v) is 5.71. The number of anilines is 1. The van der Waals surface area contributed by atoms with Gasteiger partial charge in [-0.15, -0.1) is 0 Å². The van der Waals surface area contributed by atoms with Crippen LogP contribution in [-0.4, -0.2) is 17.9 Å². The van der Waals surface area contributed by atoms with Crippen LogP contribution in [0.4, 0.5) is 5.69 Å². The highest BCUT2D eigenvalue weighted by Gasteiger charge is 2.34. The molecule has 0 bridgehead atoms. The van der Waals surface area contributed by atoms with Gasteiger partial charge in [0.2, 0.25) is 0 Å². The molecule has 1 aliphatic heterocycles. The number of ether oxygens (including phenoxy) is 1. The standard InChI is InChI=1S/C19H18N2O3/c1-13(2)24-16-10-8-14(9-11-16)12-17-18(22)20-21(19(17)23)15-6-4-3-5-7-15/h3-13H,1-2H3,(H,20,22). The highest BCUT2D eigenvalue weighted by molar-refractivity contribution is 6.31. The van der Waals surface area contributed by atoms with E-state index < -0.39 is 5.91 Å². The first-order valence-corrected chi connectivity index (χ1v) is 7.73. The maximum atomic E-state index is 12.5. The highest BCUT2D eigenvalue weighted by atomic mass is 16.5. The molecule has 0 unspecified atom stereocenters. The maximum Gasteiger partial charge on any atom is 0.282 e. The Balaban J connectivity index is 1.82. The molecule has 1 fully saturated rings. The number of amides is 2. The van der Waals surface area contributed by atoms with Crippen LogP contribution in [0.25, 0.3) is 6.08 Å². The SMILES string of the molecule is CC(C)Oc1ccc(C=C2C(=O)NN(c3ccccc3)C2=O)cc1. The number of nitrogens with one attached hydrogen (secondary N) is 1. The van der Waals surface area contributed by atoms with E-state index in [0.29, 0.717) is 5.69 Å². The first-order valence-electron chi connectivity index (χ1n) is 7.73. The lowest BCUT2D eigenvalue weighted by Crippen LogP contribution is -2.35. The summed E-state index contributed by atoms with van der Waals surface area (Å²) in [4.78, 5) is 24.6. The van der Waals surface area contributed by atoms with E-state index in [1.165, 1.54) is 5.01 Å². The van der Waals surface area contributed by atoms with Crippen molar-refractivity contribution in [2.75, 3.05) is 5.01 Å². The fourth-order valence-electron chi connectivity index (χ4n) is 2.40. The molecule has 0 aromatic heterocycles. The molecule has 1 N–H and O–H groups in total. The van der Waals surface area contributed by atoms with Crippen LogP contribution >= 0.6 is 0 Å². The Labute approximate surface area is 140 Å². The number of benzene rings is 2. The average Bonchev–Trinajstić information content (AvgIpc) is 2.85. The van der Waals surface area contributed by atoms with Crippen molar-refractivity contribution in [1.29, 1.82) is 0 Å². The first-order chi connectivity index (χ1) is 11.5. The van der Waals surface area contributed by atoms with Gasteiger partial charge in [0.15, 0.2) is 0 Å². The van der Waals surface area contributed by atoms with E-state index in [1.807, 2.05) is 56.3 Å². The highest BCUT2D eigenvalue weighted by Crippen LogP contribution is 2.22. The summed E-state index contributed by atoms with van der Waals surface area (Å²) in [5.41, 5.74) is 4.08. The van der Waals surface area contributed by atoms with E-state index >= 15 is 0 Å². The molecule has 1 aliphatic rings. The third-order valence-electron chi connectivity index (χ3n) is 3.47. The van der Waals surface area contributed by atoms with Gasteiger partial charge in [-0.2, -0.15) is 0 Å². The van der Waals surface area contributed by atoms with E-state index in [2.05, 4.69) is 5.43 Å². The van der Waals surface area contributed by atoms with Crippen molar-refractivity contribution in [3.63, 3.8) is 0 Å². The van der Waals surface area contributed by atoms with Crippen molar-refractivity contribution in [2.24, 2.45) is 0 Å². The minimum atomic E-state index is -0.411. The summed E-state index contributed by atoms with van der Waals surface area (Å²) < 4.78 is 5.58. The lowest BCUT2D eigenvalue weighted by Gasteiger charge is -2.13. The van der Waals surface area contributed by atoms with Crippen molar-refractivity contribution in [2.45, 2.75) is 20.0 Å². The molecule has 1 heterocycles. The number of para-hydroxylation sites is 1. The van der Waals surface area contributed by atoms with Crippen LogP contribution in [0.5, 0.6) is 5.75 Å². The lowest BCUT2D eigenvalue weighted by atomic mass is 10.1. The molecular weight excluding hydrogens is 304 g/mol. The number of hydrogen-bond acceptors (Lipinski definition) is 3. The molecular formula is C19H18N2O3. The van der Waals surface area contributed by atoms with E-state index in [1.54, 1.807) is 18.2 Å². The zero-order chi connectivity index (χ0) is 17.1. The quantitative estimate of drug-likeness (QED) is 0.695. The van der Waals surface area contributed by atoms with Gasteiger partial charge in [0, 0.05) is 0 Å². The van der Waals surface area contributed by atoms with Gasteiger partial charge in [-0.3, -0.25) is 15.0 Å². The Hall–Kier alpha value is -3.08. The second kappa shape index (κ2) is 6.58. The number of carbonyl (C=O) groups is 2. The van der Waals surface area contributed by atoms with Crippen molar-refractivity contribution in [3.8, 4) is 5.75 Å². The molecule has 0 aliphatic carbocycles. The molecule has 2 aromatic rings. The summed E-state index contributed by atoms with van der Waals surface area (Å²) in [5.74, 6) is -0.0275. The molecule has 0 spiro atoms. The molecule has 122 valence electrons. The van der Waals surface area contributed by atoms with E-state index in [4.69, 9.17) is 4.74 Å². The fraction of sp³-hybridized carbons (Fsp3) is 0.158. The summed E-state index contributed by atoms with van der Waals surface area (Å²) in [5, 5.41) is 1.25. The van der Waals surface area contributed by atoms with E-state index in [0.717, 1.165) is 11.3 Å². The molecule has 5 heteroatoms. The van der Waals surface area contributed by atoms with Crippen LogP contribution in [0.2, 0.25) is 0 Å². The van der Waals surface area contributed by atoms with Gasteiger partial charge in [0.25, 0.3) is 11.8 Å². The first kappa shape index (κ1) is 15.8. The molecule has 5 nitrogen and oxygen atoms in total. The molecule has 0 saturated carbocycles. The molecule has 2 aromatic carbocycles. The summed E-state index contributed by atoms with van der Waals surface area (Å²) in [6.07, 6.45) is 1.68. The molecule has 24 heavy (non-hydrogen) atoms. The summed E-state index contributed by atoms with van der Waals surface area (Å²) >= 11 is 0. The Bertz CT molecular complexity index is 780. The molecule has 0 atom stereocenters. The largest absolute Gasteiger partial charge is 0.491 e. The Morgan fingerprint density at radius 1 is 1.00 bits per heavy atom. The van der Waals surface area contributed by atoms with E-state index in [-0.39, 0.29) is 17.6 Å². The van der Waals surface area contributed by atoms with Crippen LogP contribution < -0.4 is 15.2 Å². The normalized spacial score (nSPS) is 16.0. The van der Waals surface area contributed by atoms with E-state index in [9.17, 15) is 9.59 Å². The zero-order valence-electron chi connectivity index (χ0n) is 13.5. The predicted octanol–water partition coefficient (Wildman–Crippen LogP) is 2.94. The van der Waals surface area contributed by atoms with Gasteiger partial charge in [-0.1, -0.05) is 30.3 Å². The monoisotopic (exact) mass is 322 g/mol. The predicted molar refractivity (Wildman–Crippen MR) is 92.3 cm³/mol. The van der Waals surface area contributed by atoms with Crippen molar-refractivity contribution in [3.05, 3.63) is 65.7 Å². The van der Waals surface area contributed by atoms with Crippen molar-refractivity contribution >= 4 is 23.6 Å². The third-order valence-corrected chi connectivity index (χ3v) is 3.47.